The molecule has 0 fully saturated rings. The first-order chi connectivity index (χ1) is 13.5. The molecule has 1 N–H and O–H groups in total. The van der Waals surface area contributed by atoms with Crippen molar-refractivity contribution in [3.05, 3.63) is 65.5 Å². The monoisotopic (exact) mass is 398 g/mol. The maximum Gasteiger partial charge on any atom is 0.277 e. The van der Waals surface area contributed by atoms with Crippen molar-refractivity contribution in [3.63, 3.8) is 0 Å². The highest BCUT2D eigenvalue weighted by Gasteiger charge is 2.27. The molecule has 1 amide bonds. The Balaban J connectivity index is 1.88. The first-order valence-corrected chi connectivity index (χ1v) is 9.79. The number of hydrogen-bond acceptors (Lipinski definition) is 3. The molecule has 2 rings (SSSR count). The van der Waals surface area contributed by atoms with Gasteiger partial charge in [0.25, 0.3) is 5.91 Å². The highest BCUT2D eigenvalue weighted by atomic mass is 19.1. The Kier molecular flexibility index (Phi) is 7.17. The number of hydrazone groups is 1. The summed E-state index contributed by atoms with van der Waals surface area (Å²) in [6.07, 6.45) is 1.06. The molecule has 29 heavy (non-hydrogen) atoms. The largest absolute Gasteiger partial charge is 0.484 e. The predicted molar refractivity (Wildman–Crippen MR) is 116 cm³/mol. The van der Waals surface area contributed by atoms with Crippen LogP contribution in [0, 0.1) is 11.2 Å². The number of halogens is 1. The van der Waals surface area contributed by atoms with Crippen LogP contribution in [0.2, 0.25) is 0 Å². The van der Waals surface area contributed by atoms with Crippen LogP contribution >= 0.6 is 0 Å². The van der Waals surface area contributed by atoms with Crippen molar-refractivity contribution in [2.24, 2.45) is 10.5 Å². The Morgan fingerprint density at radius 1 is 1.00 bits per heavy atom. The topological polar surface area (TPSA) is 50.7 Å². The van der Waals surface area contributed by atoms with E-state index in [1.54, 1.807) is 19.1 Å². The lowest BCUT2D eigenvalue weighted by atomic mass is 9.72. The molecule has 0 bridgehead atoms. The number of carbonyl (C=O) groups excluding carboxylic acids is 1. The third-order valence-electron chi connectivity index (χ3n) is 4.59. The van der Waals surface area contributed by atoms with Crippen molar-refractivity contribution in [2.75, 3.05) is 6.61 Å². The van der Waals surface area contributed by atoms with E-state index in [0.29, 0.717) is 11.5 Å². The molecule has 0 saturated heterocycles. The lowest BCUT2D eigenvalue weighted by molar-refractivity contribution is -0.123. The van der Waals surface area contributed by atoms with Crippen LogP contribution in [0.4, 0.5) is 4.39 Å². The van der Waals surface area contributed by atoms with Crippen molar-refractivity contribution in [3.8, 4) is 5.75 Å². The molecule has 0 aliphatic rings. The van der Waals surface area contributed by atoms with Crippen LogP contribution < -0.4 is 10.2 Å². The summed E-state index contributed by atoms with van der Waals surface area (Å²) in [5, 5.41) is 4.03. The summed E-state index contributed by atoms with van der Waals surface area (Å²) in [7, 11) is 0. The Labute approximate surface area is 173 Å². The minimum Gasteiger partial charge on any atom is -0.484 e. The molecule has 0 heterocycles. The van der Waals surface area contributed by atoms with Crippen molar-refractivity contribution in [1.29, 1.82) is 0 Å². The molecule has 0 aliphatic heterocycles. The molecule has 0 unspecified atom stereocenters. The fourth-order valence-corrected chi connectivity index (χ4v) is 3.51. The second kappa shape index (κ2) is 9.21. The van der Waals surface area contributed by atoms with Gasteiger partial charge in [0.1, 0.15) is 11.6 Å². The fourth-order valence-electron chi connectivity index (χ4n) is 3.51. The summed E-state index contributed by atoms with van der Waals surface area (Å²) in [5.74, 6) is -0.0370. The number of ether oxygens (including phenoxy) is 1. The number of rotatable bonds is 7. The van der Waals surface area contributed by atoms with Gasteiger partial charge in [-0.3, -0.25) is 4.79 Å². The van der Waals surface area contributed by atoms with E-state index >= 15 is 0 Å². The van der Waals surface area contributed by atoms with E-state index in [2.05, 4.69) is 57.3 Å². The summed E-state index contributed by atoms with van der Waals surface area (Å²) in [6.45, 7) is 12.8. The van der Waals surface area contributed by atoms with Gasteiger partial charge in [-0.1, -0.05) is 58.9 Å². The smallest absolute Gasteiger partial charge is 0.277 e. The minimum absolute atomic E-state index is 0.0563. The van der Waals surface area contributed by atoms with E-state index in [9.17, 15) is 9.18 Å². The average molecular weight is 399 g/mol. The van der Waals surface area contributed by atoms with Crippen LogP contribution in [0.1, 0.15) is 59.1 Å². The van der Waals surface area contributed by atoms with E-state index in [4.69, 9.17) is 4.74 Å². The van der Waals surface area contributed by atoms with E-state index < -0.39 is 0 Å². The first-order valence-electron chi connectivity index (χ1n) is 9.79. The maximum atomic E-state index is 13.0. The summed E-state index contributed by atoms with van der Waals surface area (Å²) in [5.41, 5.74) is 5.32. The molecule has 0 saturated carbocycles. The highest BCUT2D eigenvalue weighted by Crippen LogP contribution is 2.36. The number of nitrogens with one attached hydrogen (secondary N) is 1. The molecule has 0 spiro atoms. The van der Waals surface area contributed by atoms with Gasteiger partial charge < -0.3 is 4.74 Å². The van der Waals surface area contributed by atoms with Crippen LogP contribution in [0.5, 0.6) is 5.75 Å². The molecular formula is C24H31FN2O2. The maximum absolute atomic E-state index is 13.0. The van der Waals surface area contributed by atoms with Crippen LogP contribution in [-0.4, -0.2) is 18.2 Å². The summed E-state index contributed by atoms with van der Waals surface area (Å²) < 4.78 is 18.5. The van der Waals surface area contributed by atoms with Crippen molar-refractivity contribution in [2.45, 2.75) is 53.4 Å². The zero-order valence-electron chi connectivity index (χ0n) is 18.2. The van der Waals surface area contributed by atoms with Crippen molar-refractivity contribution < 1.29 is 13.9 Å². The molecule has 0 aliphatic carbocycles. The second-order valence-electron chi connectivity index (χ2n) is 9.17. The van der Waals surface area contributed by atoms with Gasteiger partial charge in [-0.2, -0.15) is 5.10 Å². The molecular weight excluding hydrogens is 367 g/mol. The van der Waals surface area contributed by atoms with E-state index in [0.717, 1.165) is 12.0 Å². The molecule has 156 valence electrons. The first kappa shape index (κ1) is 22.6. The minimum atomic E-state index is -0.358. The third kappa shape index (κ3) is 7.33. The SMILES string of the molecule is C/C(=N\NC(=O)COc1ccc(C(C)(C)CC(C)(C)C)cc1)c1ccc(F)cc1. The molecule has 2 aromatic rings. The van der Waals surface area contributed by atoms with Crippen LogP contribution in [0.25, 0.3) is 0 Å². The van der Waals surface area contributed by atoms with E-state index in [1.807, 2.05) is 12.1 Å². The van der Waals surface area contributed by atoms with Crippen molar-refractivity contribution >= 4 is 11.6 Å². The molecule has 5 heteroatoms. The summed E-state index contributed by atoms with van der Waals surface area (Å²) in [6, 6.07) is 13.8. The Morgan fingerprint density at radius 2 is 1.59 bits per heavy atom. The Morgan fingerprint density at radius 3 is 2.14 bits per heavy atom. The van der Waals surface area contributed by atoms with Crippen LogP contribution in [0.3, 0.4) is 0 Å². The Bertz CT molecular complexity index is 848. The summed E-state index contributed by atoms with van der Waals surface area (Å²) in [4.78, 5) is 12.0. The number of nitrogens with zero attached hydrogens (tertiary/aromatic N) is 1. The standard InChI is InChI=1S/C24H31FN2O2/c1-17(18-7-11-20(25)12-8-18)26-27-22(28)15-29-21-13-9-19(10-14-21)24(5,6)16-23(2,3)4/h7-14H,15-16H2,1-6H3,(H,27,28)/b26-17+. The zero-order chi connectivity index (χ0) is 21.7. The van der Waals surface area contributed by atoms with Gasteiger partial charge in [-0.25, -0.2) is 9.82 Å². The fraction of sp³-hybridized carbons (Fsp3) is 0.417. The second-order valence-corrected chi connectivity index (χ2v) is 9.17. The van der Waals surface area contributed by atoms with Crippen LogP contribution in [0.15, 0.2) is 53.6 Å². The van der Waals surface area contributed by atoms with Gasteiger partial charge in [0.05, 0.1) is 5.71 Å². The quantitative estimate of drug-likeness (QED) is 0.497. The lowest BCUT2D eigenvalue weighted by Gasteiger charge is -2.33. The van der Waals surface area contributed by atoms with Gasteiger partial charge in [0, 0.05) is 0 Å². The van der Waals surface area contributed by atoms with Gasteiger partial charge in [0.15, 0.2) is 6.61 Å². The number of hydrogen-bond donors (Lipinski definition) is 1. The predicted octanol–water partition coefficient (Wildman–Crippen LogP) is 5.46. The van der Waals surface area contributed by atoms with Gasteiger partial charge >= 0.3 is 0 Å². The molecule has 0 atom stereocenters. The number of carbonyl (C=O) groups is 1. The van der Waals surface area contributed by atoms with Crippen molar-refractivity contribution in [1.82, 2.24) is 5.43 Å². The van der Waals surface area contributed by atoms with E-state index in [1.165, 1.54) is 17.7 Å². The lowest BCUT2D eigenvalue weighted by Crippen LogP contribution is -2.26. The van der Waals surface area contributed by atoms with Crippen LogP contribution in [-0.2, 0) is 10.2 Å². The number of amides is 1. The molecule has 0 aromatic heterocycles. The Hall–Kier alpha value is -2.69. The van der Waals surface area contributed by atoms with Gasteiger partial charge in [0.2, 0.25) is 0 Å². The molecule has 2 aromatic carbocycles. The van der Waals surface area contributed by atoms with Gasteiger partial charge in [-0.15, -0.1) is 0 Å². The molecule has 0 radical (unpaired) electrons. The third-order valence-corrected chi connectivity index (χ3v) is 4.59. The van der Waals surface area contributed by atoms with Gasteiger partial charge in [-0.05, 0) is 59.6 Å². The zero-order valence-corrected chi connectivity index (χ0v) is 18.2. The number of benzene rings is 2. The highest BCUT2D eigenvalue weighted by molar-refractivity contribution is 5.99. The van der Waals surface area contributed by atoms with E-state index in [-0.39, 0.29) is 29.2 Å². The summed E-state index contributed by atoms with van der Waals surface area (Å²) >= 11 is 0. The molecule has 4 nitrogen and oxygen atoms in total. The average Bonchev–Trinajstić information content (AvgIpc) is 2.63. The normalized spacial score (nSPS) is 12.6.